The van der Waals surface area contributed by atoms with Crippen molar-refractivity contribution in [2.45, 2.75) is 46.2 Å². The largest absolute Gasteiger partial charge is 0.356 e. The van der Waals surface area contributed by atoms with Crippen LogP contribution in [0.4, 0.5) is 4.39 Å². The maximum absolute atomic E-state index is 13.2. The molecule has 1 atom stereocenters. The van der Waals surface area contributed by atoms with Crippen molar-refractivity contribution in [1.29, 1.82) is 0 Å². The fourth-order valence-electron chi connectivity index (χ4n) is 2.89. The molecule has 0 aliphatic rings. The lowest BCUT2D eigenvalue weighted by molar-refractivity contribution is 0.0939. The van der Waals surface area contributed by atoms with E-state index in [9.17, 15) is 9.18 Å². The normalized spacial score (nSPS) is 12.4. The molecule has 0 aliphatic heterocycles. The van der Waals surface area contributed by atoms with Crippen molar-refractivity contribution in [3.8, 4) is 0 Å². The summed E-state index contributed by atoms with van der Waals surface area (Å²) in [6.07, 6.45) is 1.67. The summed E-state index contributed by atoms with van der Waals surface area (Å²) in [4.78, 5) is 16.5. The molecule has 2 aromatic carbocycles. The van der Waals surface area contributed by atoms with Gasteiger partial charge >= 0.3 is 0 Å². The van der Waals surface area contributed by atoms with Gasteiger partial charge in [-0.05, 0) is 67.6 Å². The number of nitrogens with zero attached hydrogens (tertiary/aromatic N) is 1. The fraction of sp³-hybridized carbons (Fsp3) is 0.391. The standard InChI is InChI=1S/C23H31FN4O/c1-5-17(3)28-22(29)20-8-6-7-18(14-20)15-27-23(25-4)26-12-11-19-9-10-21(24)13-16(19)2/h6-10,13-14,17H,5,11-12,15H2,1-4H3,(H,28,29)(H2,25,26,27). The molecule has 0 aromatic heterocycles. The Morgan fingerprint density at radius 1 is 1.17 bits per heavy atom. The van der Waals surface area contributed by atoms with Crippen LogP contribution < -0.4 is 16.0 Å². The zero-order chi connectivity index (χ0) is 21.2. The molecule has 0 spiro atoms. The van der Waals surface area contributed by atoms with Crippen molar-refractivity contribution >= 4 is 11.9 Å². The Hall–Kier alpha value is -2.89. The highest BCUT2D eigenvalue weighted by atomic mass is 19.1. The van der Waals surface area contributed by atoms with Crippen LogP contribution >= 0.6 is 0 Å². The van der Waals surface area contributed by atoms with Crippen LogP contribution in [-0.2, 0) is 13.0 Å². The number of hydrogen-bond donors (Lipinski definition) is 3. The molecule has 0 saturated carbocycles. The Balaban J connectivity index is 1.86. The average molecular weight is 399 g/mol. The van der Waals surface area contributed by atoms with Gasteiger partial charge in [0.1, 0.15) is 5.82 Å². The first kappa shape index (κ1) is 22.4. The third-order valence-corrected chi connectivity index (χ3v) is 4.85. The maximum atomic E-state index is 13.2. The van der Waals surface area contributed by atoms with E-state index in [1.165, 1.54) is 6.07 Å². The molecule has 5 nitrogen and oxygen atoms in total. The van der Waals surface area contributed by atoms with E-state index in [0.29, 0.717) is 24.6 Å². The summed E-state index contributed by atoms with van der Waals surface area (Å²) < 4.78 is 13.2. The second kappa shape index (κ2) is 11.2. The first-order valence-corrected chi connectivity index (χ1v) is 10.0. The highest BCUT2D eigenvalue weighted by Gasteiger charge is 2.09. The predicted molar refractivity (Wildman–Crippen MR) is 117 cm³/mol. The van der Waals surface area contributed by atoms with Crippen LogP contribution in [0, 0.1) is 12.7 Å². The average Bonchev–Trinajstić information content (AvgIpc) is 2.72. The van der Waals surface area contributed by atoms with Crippen molar-refractivity contribution in [3.63, 3.8) is 0 Å². The van der Waals surface area contributed by atoms with Crippen LogP contribution in [0.1, 0.15) is 47.3 Å². The lowest BCUT2D eigenvalue weighted by Gasteiger charge is -2.14. The van der Waals surface area contributed by atoms with Crippen LogP contribution in [0.5, 0.6) is 0 Å². The van der Waals surface area contributed by atoms with Gasteiger partial charge in [-0.2, -0.15) is 0 Å². The van der Waals surface area contributed by atoms with Crippen molar-refractivity contribution in [2.75, 3.05) is 13.6 Å². The van der Waals surface area contributed by atoms with Crippen molar-refractivity contribution in [3.05, 3.63) is 70.5 Å². The number of aliphatic imine (C=N–C) groups is 1. The molecule has 3 N–H and O–H groups in total. The van der Waals surface area contributed by atoms with E-state index < -0.39 is 0 Å². The maximum Gasteiger partial charge on any atom is 0.251 e. The molecule has 2 rings (SSSR count). The van der Waals surface area contributed by atoms with E-state index in [-0.39, 0.29) is 17.8 Å². The van der Waals surface area contributed by atoms with Gasteiger partial charge in [0, 0.05) is 31.7 Å². The molecule has 0 bridgehead atoms. The third kappa shape index (κ3) is 7.22. The van der Waals surface area contributed by atoms with Crippen LogP contribution in [0.2, 0.25) is 0 Å². The summed E-state index contributed by atoms with van der Waals surface area (Å²) in [5.41, 5.74) is 3.70. The van der Waals surface area contributed by atoms with Gasteiger partial charge in [-0.25, -0.2) is 4.39 Å². The van der Waals surface area contributed by atoms with Gasteiger partial charge < -0.3 is 16.0 Å². The van der Waals surface area contributed by atoms with E-state index in [2.05, 4.69) is 20.9 Å². The van der Waals surface area contributed by atoms with Gasteiger partial charge in [0.2, 0.25) is 0 Å². The molecule has 156 valence electrons. The SMILES string of the molecule is CCC(C)NC(=O)c1cccc(CNC(=NC)NCCc2ccc(F)cc2C)c1. The number of carbonyl (C=O) groups is 1. The predicted octanol–water partition coefficient (Wildman–Crippen LogP) is 3.57. The molecule has 0 saturated heterocycles. The van der Waals surface area contributed by atoms with E-state index in [1.807, 2.05) is 51.1 Å². The summed E-state index contributed by atoms with van der Waals surface area (Å²) >= 11 is 0. The molecular weight excluding hydrogens is 367 g/mol. The summed E-state index contributed by atoms with van der Waals surface area (Å²) in [5, 5.41) is 9.51. The molecule has 2 aromatic rings. The van der Waals surface area contributed by atoms with Crippen LogP contribution in [0.25, 0.3) is 0 Å². The van der Waals surface area contributed by atoms with Crippen LogP contribution in [-0.4, -0.2) is 31.5 Å². The van der Waals surface area contributed by atoms with E-state index in [1.54, 1.807) is 13.1 Å². The lowest BCUT2D eigenvalue weighted by atomic mass is 10.1. The summed E-state index contributed by atoms with van der Waals surface area (Å²) in [5.74, 6) is 0.411. The van der Waals surface area contributed by atoms with Gasteiger partial charge in [0.25, 0.3) is 5.91 Å². The Bertz CT molecular complexity index is 851. The first-order chi connectivity index (χ1) is 13.9. The minimum absolute atomic E-state index is 0.0571. The minimum atomic E-state index is -0.211. The molecule has 0 radical (unpaired) electrons. The fourth-order valence-corrected chi connectivity index (χ4v) is 2.89. The van der Waals surface area contributed by atoms with E-state index in [0.717, 1.165) is 29.5 Å². The van der Waals surface area contributed by atoms with Crippen LogP contribution in [0.3, 0.4) is 0 Å². The monoisotopic (exact) mass is 398 g/mol. The van der Waals surface area contributed by atoms with Gasteiger partial charge in [-0.15, -0.1) is 0 Å². The topological polar surface area (TPSA) is 65.5 Å². The Labute approximate surface area is 172 Å². The van der Waals surface area contributed by atoms with E-state index in [4.69, 9.17) is 0 Å². The number of hydrogen-bond acceptors (Lipinski definition) is 2. The molecule has 0 heterocycles. The number of amides is 1. The van der Waals surface area contributed by atoms with Crippen molar-refractivity contribution in [1.82, 2.24) is 16.0 Å². The molecule has 29 heavy (non-hydrogen) atoms. The van der Waals surface area contributed by atoms with Gasteiger partial charge in [0.15, 0.2) is 5.96 Å². The van der Waals surface area contributed by atoms with Crippen LogP contribution in [0.15, 0.2) is 47.5 Å². The number of carbonyl (C=O) groups excluding carboxylic acids is 1. The molecule has 0 fully saturated rings. The van der Waals surface area contributed by atoms with Crippen molar-refractivity contribution in [2.24, 2.45) is 4.99 Å². The van der Waals surface area contributed by atoms with Gasteiger partial charge in [0.05, 0.1) is 0 Å². The minimum Gasteiger partial charge on any atom is -0.356 e. The first-order valence-electron chi connectivity index (χ1n) is 10.0. The highest BCUT2D eigenvalue weighted by Crippen LogP contribution is 2.10. The number of halogens is 1. The van der Waals surface area contributed by atoms with E-state index >= 15 is 0 Å². The second-order valence-electron chi connectivity index (χ2n) is 7.16. The second-order valence-corrected chi connectivity index (χ2v) is 7.16. The number of aryl methyl sites for hydroxylation is 1. The lowest BCUT2D eigenvalue weighted by Crippen LogP contribution is -2.38. The molecule has 1 amide bonds. The smallest absolute Gasteiger partial charge is 0.251 e. The summed E-state index contributed by atoms with van der Waals surface area (Å²) in [6.45, 7) is 7.19. The number of benzene rings is 2. The zero-order valence-electron chi connectivity index (χ0n) is 17.7. The Morgan fingerprint density at radius 3 is 2.66 bits per heavy atom. The van der Waals surface area contributed by atoms with Crippen molar-refractivity contribution < 1.29 is 9.18 Å². The molecule has 0 aliphatic carbocycles. The van der Waals surface area contributed by atoms with Gasteiger partial charge in [-0.3, -0.25) is 9.79 Å². The third-order valence-electron chi connectivity index (χ3n) is 4.85. The van der Waals surface area contributed by atoms with Gasteiger partial charge in [-0.1, -0.05) is 25.1 Å². The molecule has 6 heteroatoms. The Morgan fingerprint density at radius 2 is 1.97 bits per heavy atom. The Kier molecular flexibility index (Phi) is 8.65. The number of guanidine groups is 1. The quantitative estimate of drug-likeness (QED) is 0.470. The number of nitrogens with one attached hydrogen (secondary N) is 3. The zero-order valence-corrected chi connectivity index (χ0v) is 17.7. The summed E-state index contributed by atoms with van der Waals surface area (Å²) in [6, 6.07) is 12.6. The molecular formula is C23H31FN4O. The molecule has 1 unspecified atom stereocenters. The highest BCUT2D eigenvalue weighted by molar-refractivity contribution is 5.94. The summed E-state index contributed by atoms with van der Waals surface area (Å²) in [7, 11) is 1.72. The number of rotatable bonds is 8.